The van der Waals surface area contributed by atoms with E-state index >= 15 is 0 Å². The van der Waals surface area contributed by atoms with Crippen molar-refractivity contribution < 1.29 is 0 Å². The largest absolute Gasteiger partial charge is 0.355 e. The molecule has 0 saturated carbocycles. The first kappa shape index (κ1) is 16.0. The Bertz CT molecular complexity index is 649. The van der Waals surface area contributed by atoms with Crippen molar-refractivity contribution in [3.05, 3.63) is 41.3 Å². The summed E-state index contributed by atoms with van der Waals surface area (Å²) in [6, 6.07) is 6.71. The van der Waals surface area contributed by atoms with E-state index < -0.39 is 0 Å². The average Bonchev–Trinajstić information content (AvgIpc) is 2.82. The number of piperidine rings is 1. The molecule has 5 heteroatoms. The summed E-state index contributed by atoms with van der Waals surface area (Å²) in [5, 5.41) is 4.54. The van der Waals surface area contributed by atoms with Gasteiger partial charge in [-0.15, -0.1) is 0 Å². The molecule has 1 saturated heterocycles. The van der Waals surface area contributed by atoms with Gasteiger partial charge in [0.1, 0.15) is 5.82 Å². The molecular formula is C18H27N5. The standard InChI is InChI=1S/C18H27N5/c1-14-17(15(2)22(4)20-14)13-21(3)16-8-7-11-23(12-16)18-9-5-6-10-19-18/h5-6,9-10,16H,7-8,11-13H2,1-4H3/t16-/m0/s1. The van der Waals surface area contributed by atoms with Crippen LogP contribution in [0, 0.1) is 13.8 Å². The molecule has 23 heavy (non-hydrogen) atoms. The summed E-state index contributed by atoms with van der Waals surface area (Å²) < 4.78 is 1.99. The monoisotopic (exact) mass is 313 g/mol. The molecule has 0 spiro atoms. The molecule has 3 heterocycles. The Labute approximate surface area is 138 Å². The second kappa shape index (κ2) is 6.71. The van der Waals surface area contributed by atoms with Gasteiger partial charge in [0.15, 0.2) is 0 Å². The van der Waals surface area contributed by atoms with Gasteiger partial charge in [-0.1, -0.05) is 6.07 Å². The van der Waals surface area contributed by atoms with Crippen molar-refractivity contribution in [3.8, 4) is 0 Å². The quantitative estimate of drug-likeness (QED) is 0.869. The van der Waals surface area contributed by atoms with E-state index in [1.54, 1.807) is 0 Å². The van der Waals surface area contributed by atoms with Crippen molar-refractivity contribution in [2.24, 2.45) is 7.05 Å². The highest BCUT2D eigenvalue weighted by atomic mass is 15.3. The zero-order chi connectivity index (χ0) is 16.4. The van der Waals surface area contributed by atoms with Crippen LogP contribution in [0.15, 0.2) is 24.4 Å². The molecular weight excluding hydrogens is 286 g/mol. The highest BCUT2D eigenvalue weighted by Gasteiger charge is 2.25. The third-order valence-corrected chi connectivity index (χ3v) is 5.06. The van der Waals surface area contributed by atoms with E-state index in [9.17, 15) is 0 Å². The fourth-order valence-electron chi connectivity index (χ4n) is 3.49. The molecule has 0 radical (unpaired) electrons. The normalized spacial score (nSPS) is 18.7. The van der Waals surface area contributed by atoms with Gasteiger partial charge in [-0.25, -0.2) is 4.98 Å². The third kappa shape index (κ3) is 3.39. The number of likely N-dealkylation sites (N-methyl/N-ethyl adjacent to an activating group) is 1. The summed E-state index contributed by atoms with van der Waals surface area (Å²) in [6.07, 6.45) is 4.35. The van der Waals surface area contributed by atoms with Crippen LogP contribution in [0.1, 0.15) is 29.8 Å². The summed E-state index contributed by atoms with van der Waals surface area (Å²) in [6.45, 7) is 7.38. The Morgan fingerprint density at radius 3 is 2.78 bits per heavy atom. The molecule has 2 aromatic rings. The molecule has 124 valence electrons. The van der Waals surface area contributed by atoms with Crippen LogP contribution < -0.4 is 4.90 Å². The van der Waals surface area contributed by atoms with Gasteiger partial charge in [0.05, 0.1) is 5.69 Å². The number of hydrogen-bond donors (Lipinski definition) is 0. The highest BCUT2D eigenvalue weighted by Crippen LogP contribution is 2.22. The lowest BCUT2D eigenvalue weighted by Crippen LogP contribution is -2.46. The van der Waals surface area contributed by atoms with Crippen LogP contribution in [-0.2, 0) is 13.6 Å². The maximum atomic E-state index is 4.54. The predicted molar refractivity (Wildman–Crippen MR) is 93.6 cm³/mol. The topological polar surface area (TPSA) is 37.2 Å². The minimum atomic E-state index is 0.560. The molecule has 0 N–H and O–H groups in total. The number of aryl methyl sites for hydroxylation is 2. The number of anilines is 1. The van der Waals surface area contributed by atoms with E-state index in [-0.39, 0.29) is 0 Å². The van der Waals surface area contributed by atoms with Crippen LogP contribution in [-0.4, -0.2) is 45.8 Å². The third-order valence-electron chi connectivity index (χ3n) is 5.06. The molecule has 5 nitrogen and oxygen atoms in total. The van der Waals surface area contributed by atoms with Crippen LogP contribution in [0.5, 0.6) is 0 Å². The van der Waals surface area contributed by atoms with Gasteiger partial charge in [0.2, 0.25) is 0 Å². The van der Waals surface area contributed by atoms with Gasteiger partial charge in [-0.3, -0.25) is 9.58 Å². The van der Waals surface area contributed by atoms with Crippen molar-refractivity contribution in [2.75, 3.05) is 25.0 Å². The molecule has 1 aliphatic heterocycles. The summed E-state index contributed by atoms with van der Waals surface area (Å²) in [7, 11) is 4.26. The molecule has 1 aliphatic rings. The number of aromatic nitrogens is 3. The smallest absolute Gasteiger partial charge is 0.128 e. The second-order valence-electron chi connectivity index (χ2n) is 6.62. The molecule has 2 aromatic heterocycles. The van der Waals surface area contributed by atoms with E-state index in [0.717, 1.165) is 31.1 Å². The summed E-state index contributed by atoms with van der Waals surface area (Å²) >= 11 is 0. The second-order valence-corrected chi connectivity index (χ2v) is 6.62. The Kier molecular flexibility index (Phi) is 4.66. The zero-order valence-electron chi connectivity index (χ0n) is 14.7. The first-order valence-corrected chi connectivity index (χ1v) is 8.41. The minimum absolute atomic E-state index is 0.560. The summed E-state index contributed by atoms with van der Waals surface area (Å²) in [4.78, 5) is 9.39. The summed E-state index contributed by atoms with van der Waals surface area (Å²) in [5.74, 6) is 1.10. The molecule has 3 rings (SSSR count). The van der Waals surface area contributed by atoms with Gasteiger partial charge in [0.25, 0.3) is 0 Å². The van der Waals surface area contributed by atoms with Gasteiger partial charge in [-0.05, 0) is 45.9 Å². The molecule has 0 amide bonds. The molecule has 1 atom stereocenters. The lowest BCUT2D eigenvalue weighted by atomic mass is 10.0. The van der Waals surface area contributed by atoms with Gasteiger partial charge < -0.3 is 4.90 Å². The number of nitrogens with zero attached hydrogens (tertiary/aromatic N) is 5. The van der Waals surface area contributed by atoms with Crippen molar-refractivity contribution in [3.63, 3.8) is 0 Å². The molecule has 0 aromatic carbocycles. The SMILES string of the molecule is Cc1nn(C)c(C)c1CN(C)[C@H]1CCCN(c2ccccn2)C1. The van der Waals surface area contributed by atoms with E-state index in [1.807, 2.05) is 24.0 Å². The average molecular weight is 313 g/mol. The van der Waals surface area contributed by atoms with E-state index in [4.69, 9.17) is 0 Å². The molecule has 0 bridgehead atoms. The van der Waals surface area contributed by atoms with Crippen molar-refractivity contribution >= 4 is 5.82 Å². The van der Waals surface area contributed by atoms with Gasteiger partial charge in [0, 0.05) is 50.2 Å². The maximum Gasteiger partial charge on any atom is 0.128 e. The zero-order valence-corrected chi connectivity index (χ0v) is 14.7. The van der Waals surface area contributed by atoms with Crippen LogP contribution in [0.4, 0.5) is 5.82 Å². The molecule has 1 fully saturated rings. The summed E-state index contributed by atoms with van der Waals surface area (Å²) in [5.41, 5.74) is 3.78. The minimum Gasteiger partial charge on any atom is -0.355 e. The Morgan fingerprint density at radius 2 is 2.13 bits per heavy atom. The van der Waals surface area contributed by atoms with Crippen molar-refractivity contribution in [1.29, 1.82) is 0 Å². The van der Waals surface area contributed by atoms with E-state index in [0.29, 0.717) is 6.04 Å². The number of pyridine rings is 1. The van der Waals surface area contributed by atoms with Crippen LogP contribution in [0.3, 0.4) is 0 Å². The van der Waals surface area contributed by atoms with Crippen LogP contribution in [0.2, 0.25) is 0 Å². The first-order valence-electron chi connectivity index (χ1n) is 8.41. The maximum absolute atomic E-state index is 4.54. The Balaban J connectivity index is 1.68. The van der Waals surface area contributed by atoms with Crippen LogP contribution in [0.25, 0.3) is 0 Å². The lowest BCUT2D eigenvalue weighted by molar-refractivity contribution is 0.207. The van der Waals surface area contributed by atoms with Gasteiger partial charge in [-0.2, -0.15) is 5.10 Å². The Morgan fingerprint density at radius 1 is 1.30 bits per heavy atom. The van der Waals surface area contributed by atoms with Gasteiger partial charge >= 0.3 is 0 Å². The fraction of sp³-hybridized carbons (Fsp3) is 0.556. The molecule has 0 aliphatic carbocycles. The van der Waals surface area contributed by atoms with Crippen molar-refractivity contribution in [2.45, 2.75) is 39.3 Å². The van der Waals surface area contributed by atoms with Crippen molar-refractivity contribution in [1.82, 2.24) is 19.7 Å². The number of rotatable bonds is 4. The van der Waals surface area contributed by atoms with E-state index in [1.165, 1.54) is 24.1 Å². The van der Waals surface area contributed by atoms with Crippen LogP contribution >= 0.6 is 0 Å². The first-order chi connectivity index (χ1) is 11.1. The number of hydrogen-bond acceptors (Lipinski definition) is 4. The fourth-order valence-corrected chi connectivity index (χ4v) is 3.49. The molecule has 0 unspecified atom stereocenters. The lowest BCUT2D eigenvalue weighted by Gasteiger charge is -2.38. The predicted octanol–water partition coefficient (Wildman–Crippen LogP) is 2.53. The van der Waals surface area contributed by atoms with E-state index in [2.05, 4.69) is 52.9 Å². The highest BCUT2D eigenvalue weighted by molar-refractivity contribution is 5.38. The Hall–Kier alpha value is -1.88.